The normalized spacial score (nSPS) is 16.2. The van der Waals surface area contributed by atoms with Gasteiger partial charge in [-0.05, 0) is 60.5 Å². The van der Waals surface area contributed by atoms with E-state index in [1.54, 1.807) is 17.0 Å². The number of fused-ring (bicyclic) bond motifs is 1. The van der Waals surface area contributed by atoms with E-state index in [-0.39, 0.29) is 23.3 Å². The van der Waals surface area contributed by atoms with Gasteiger partial charge in [0.25, 0.3) is 0 Å². The van der Waals surface area contributed by atoms with Crippen molar-refractivity contribution in [1.82, 2.24) is 10.0 Å². The lowest BCUT2D eigenvalue weighted by Gasteiger charge is -2.21. The molecule has 1 aliphatic rings. The number of benzene rings is 2. The Hall–Kier alpha value is -3.01. The molecule has 0 radical (unpaired) electrons. The van der Waals surface area contributed by atoms with Crippen LogP contribution in [0.15, 0.2) is 70.9 Å². The van der Waals surface area contributed by atoms with E-state index >= 15 is 0 Å². The first kappa shape index (κ1) is 24.1. The van der Waals surface area contributed by atoms with Gasteiger partial charge in [-0.25, -0.2) is 8.42 Å². The molecule has 0 bridgehead atoms. The van der Waals surface area contributed by atoms with Gasteiger partial charge in [-0.15, -0.1) is 11.3 Å². The fraction of sp³-hybridized carbons (Fsp3) is 0.280. The van der Waals surface area contributed by atoms with E-state index in [1.807, 2.05) is 54.8 Å². The third kappa shape index (κ3) is 5.38. The number of carbonyl (C=O) groups excluding carboxylic acids is 2. The van der Waals surface area contributed by atoms with E-state index in [1.165, 1.54) is 24.3 Å². The number of amides is 2. The predicted octanol–water partition coefficient (Wildman–Crippen LogP) is 3.25. The Morgan fingerprint density at radius 2 is 1.88 bits per heavy atom. The van der Waals surface area contributed by atoms with Crippen molar-refractivity contribution in [1.29, 1.82) is 0 Å². The Morgan fingerprint density at radius 3 is 2.56 bits per heavy atom. The summed E-state index contributed by atoms with van der Waals surface area (Å²) in [7, 11) is -3.99. The van der Waals surface area contributed by atoms with Gasteiger partial charge in [0.2, 0.25) is 21.8 Å². The molecule has 2 unspecified atom stereocenters. The van der Waals surface area contributed by atoms with Gasteiger partial charge in [-0.2, -0.15) is 4.72 Å². The molecule has 34 heavy (non-hydrogen) atoms. The molecule has 0 saturated heterocycles. The molecule has 9 heteroatoms. The maximum absolute atomic E-state index is 13.3. The summed E-state index contributed by atoms with van der Waals surface area (Å²) in [5, 5.41) is 4.77. The molecule has 178 valence electrons. The van der Waals surface area contributed by atoms with Gasteiger partial charge in [0.1, 0.15) is 6.04 Å². The fourth-order valence-corrected chi connectivity index (χ4v) is 6.15. The first-order valence-corrected chi connectivity index (χ1v) is 13.4. The molecular weight excluding hydrogens is 470 g/mol. The van der Waals surface area contributed by atoms with E-state index in [2.05, 4.69) is 10.0 Å². The second kappa shape index (κ2) is 10.1. The van der Waals surface area contributed by atoms with Crippen LogP contribution in [0.1, 0.15) is 29.9 Å². The molecule has 1 aliphatic heterocycles. The molecule has 3 aromatic rings. The average molecular weight is 498 g/mol. The predicted molar refractivity (Wildman–Crippen MR) is 133 cm³/mol. The molecule has 4 rings (SSSR count). The molecule has 0 saturated carbocycles. The third-order valence-corrected chi connectivity index (χ3v) is 8.18. The Kier molecular flexibility index (Phi) is 7.16. The summed E-state index contributed by atoms with van der Waals surface area (Å²) < 4.78 is 29.2. The van der Waals surface area contributed by atoms with Crippen LogP contribution in [0.4, 0.5) is 5.69 Å². The first-order chi connectivity index (χ1) is 16.2. The van der Waals surface area contributed by atoms with Gasteiger partial charge in [0.05, 0.1) is 11.4 Å². The van der Waals surface area contributed by atoms with Crippen molar-refractivity contribution in [2.24, 2.45) is 0 Å². The molecule has 0 fully saturated rings. The minimum Gasteiger partial charge on any atom is -0.350 e. The highest BCUT2D eigenvalue weighted by Crippen LogP contribution is 2.34. The second-order valence-electron chi connectivity index (χ2n) is 8.39. The van der Waals surface area contributed by atoms with Gasteiger partial charge in [-0.1, -0.05) is 36.4 Å². The summed E-state index contributed by atoms with van der Waals surface area (Å²) in [6, 6.07) is 16.9. The minimum atomic E-state index is -3.99. The van der Waals surface area contributed by atoms with Gasteiger partial charge < -0.3 is 10.2 Å². The quantitative estimate of drug-likeness (QED) is 0.499. The zero-order valence-electron chi connectivity index (χ0n) is 19.0. The summed E-state index contributed by atoms with van der Waals surface area (Å²) in [6.07, 6.45) is 0.795. The molecule has 0 spiro atoms. The summed E-state index contributed by atoms with van der Waals surface area (Å²) in [5.74, 6) is -0.469. The van der Waals surface area contributed by atoms with Crippen LogP contribution in [0.5, 0.6) is 0 Å². The number of sulfonamides is 1. The van der Waals surface area contributed by atoms with Crippen LogP contribution in [0.3, 0.4) is 0 Å². The topological polar surface area (TPSA) is 95.6 Å². The summed E-state index contributed by atoms with van der Waals surface area (Å²) in [6.45, 7) is 3.77. The number of thiophene rings is 1. The number of carbonyl (C=O) groups is 2. The number of hydrogen-bond acceptors (Lipinski definition) is 5. The van der Waals surface area contributed by atoms with Gasteiger partial charge in [-0.3, -0.25) is 9.59 Å². The first-order valence-electron chi connectivity index (χ1n) is 11.0. The third-order valence-electron chi connectivity index (χ3n) is 5.83. The van der Waals surface area contributed by atoms with Crippen LogP contribution in [0, 0.1) is 0 Å². The van der Waals surface area contributed by atoms with Crippen LogP contribution in [-0.4, -0.2) is 32.3 Å². The monoisotopic (exact) mass is 497 g/mol. The van der Waals surface area contributed by atoms with Crippen LogP contribution in [0.2, 0.25) is 0 Å². The molecule has 2 aromatic carbocycles. The van der Waals surface area contributed by atoms with Crippen LogP contribution >= 0.6 is 11.3 Å². The van der Waals surface area contributed by atoms with Crippen LogP contribution in [-0.2, 0) is 39.0 Å². The van der Waals surface area contributed by atoms with E-state index in [0.29, 0.717) is 13.0 Å². The standard InChI is InChI=1S/C25H27N3O4S2/c1-17-13-20-15-22(10-11-24(20)28(17)18(2)29)34(31,32)27-23(14-19-7-4-3-5-8-19)25(30)26-16-21-9-6-12-33-21/h3-12,15,17,23,27H,13-14,16H2,1-2H3,(H,26,30). The largest absolute Gasteiger partial charge is 0.350 e. The zero-order valence-corrected chi connectivity index (χ0v) is 20.7. The summed E-state index contributed by atoms with van der Waals surface area (Å²) >= 11 is 1.52. The average Bonchev–Trinajstić information content (AvgIpc) is 3.43. The van der Waals surface area contributed by atoms with Crippen molar-refractivity contribution < 1.29 is 18.0 Å². The maximum atomic E-state index is 13.3. The van der Waals surface area contributed by atoms with E-state index in [4.69, 9.17) is 0 Å². The lowest BCUT2D eigenvalue weighted by atomic mass is 10.1. The highest BCUT2D eigenvalue weighted by atomic mass is 32.2. The van der Waals surface area contributed by atoms with Crippen molar-refractivity contribution >= 4 is 38.9 Å². The number of hydrogen-bond donors (Lipinski definition) is 2. The highest BCUT2D eigenvalue weighted by molar-refractivity contribution is 7.89. The lowest BCUT2D eigenvalue weighted by molar-refractivity contribution is -0.122. The smallest absolute Gasteiger partial charge is 0.241 e. The van der Waals surface area contributed by atoms with Crippen LogP contribution < -0.4 is 14.9 Å². The van der Waals surface area contributed by atoms with Crippen molar-refractivity contribution in [3.8, 4) is 0 Å². The Labute approximate surface area is 203 Å². The minimum absolute atomic E-state index is 0.0349. The lowest BCUT2D eigenvalue weighted by Crippen LogP contribution is -2.47. The molecule has 2 heterocycles. The summed E-state index contributed by atoms with van der Waals surface area (Å²) in [5.41, 5.74) is 2.38. The Morgan fingerprint density at radius 1 is 1.12 bits per heavy atom. The number of nitrogens with one attached hydrogen (secondary N) is 2. The molecule has 2 atom stereocenters. The molecule has 7 nitrogen and oxygen atoms in total. The van der Waals surface area contributed by atoms with Gasteiger partial charge in [0, 0.05) is 23.5 Å². The van der Waals surface area contributed by atoms with Gasteiger partial charge >= 0.3 is 0 Å². The Bertz CT molecular complexity index is 1270. The fourth-order valence-electron chi connectivity index (χ4n) is 4.26. The van der Waals surface area contributed by atoms with Gasteiger partial charge in [0.15, 0.2) is 0 Å². The second-order valence-corrected chi connectivity index (χ2v) is 11.1. The molecule has 2 N–H and O–H groups in total. The molecule has 0 aliphatic carbocycles. The molecule has 2 amide bonds. The maximum Gasteiger partial charge on any atom is 0.241 e. The Balaban J connectivity index is 1.56. The summed E-state index contributed by atoms with van der Waals surface area (Å²) in [4.78, 5) is 27.8. The van der Waals surface area contributed by atoms with Crippen molar-refractivity contribution in [3.05, 3.63) is 82.0 Å². The number of anilines is 1. The van der Waals surface area contributed by atoms with Crippen molar-refractivity contribution in [2.75, 3.05) is 4.90 Å². The highest BCUT2D eigenvalue weighted by Gasteiger charge is 2.31. The SMILES string of the molecule is CC(=O)N1c2ccc(S(=O)(=O)NC(Cc3ccccc3)C(=O)NCc3cccs3)cc2CC1C. The van der Waals surface area contributed by atoms with E-state index in [9.17, 15) is 18.0 Å². The van der Waals surface area contributed by atoms with E-state index in [0.717, 1.165) is 21.7 Å². The van der Waals surface area contributed by atoms with Crippen LogP contribution in [0.25, 0.3) is 0 Å². The number of rotatable bonds is 8. The molecule has 1 aromatic heterocycles. The van der Waals surface area contributed by atoms with E-state index < -0.39 is 22.0 Å². The molecular formula is C25H27N3O4S2. The number of nitrogens with zero attached hydrogens (tertiary/aromatic N) is 1. The van der Waals surface area contributed by atoms with Crippen molar-refractivity contribution in [3.63, 3.8) is 0 Å². The zero-order chi connectivity index (χ0) is 24.3. The van der Waals surface area contributed by atoms with Crippen molar-refractivity contribution in [2.45, 2.75) is 50.2 Å².